The van der Waals surface area contributed by atoms with E-state index in [0.717, 1.165) is 25.9 Å². The molecule has 20 heavy (non-hydrogen) atoms. The van der Waals surface area contributed by atoms with Gasteiger partial charge in [-0.1, -0.05) is 0 Å². The molecule has 1 aliphatic heterocycles. The Balaban J connectivity index is 1.96. The first-order chi connectivity index (χ1) is 9.60. The number of hydrogen-bond donors (Lipinski definition) is 1. The van der Waals surface area contributed by atoms with Crippen LogP contribution >= 0.6 is 0 Å². The molecule has 1 aliphatic rings. The van der Waals surface area contributed by atoms with Gasteiger partial charge in [-0.2, -0.15) is 0 Å². The number of nitrogens with one attached hydrogen (secondary N) is 1. The molecule has 110 valence electrons. The molecular formula is C15H21FN2O2. The van der Waals surface area contributed by atoms with Gasteiger partial charge < -0.3 is 15.0 Å². The van der Waals surface area contributed by atoms with Crippen molar-refractivity contribution in [1.29, 1.82) is 0 Å². The number of nitrogens with zero attached hydrogens (tertiary/aromatic N) is 1. The average molecular weight is 280 g/mol. The van der Waals surface area contributed by atoms with Crippen molar-refractivity contribution in [1.82, 2.24) is 10.2 Å². The van der Waals surface area contributed by atoms with Gasteiger partial charge in [0.25, 0.3) is 5.91 Å². The van der Waals surface area contributed by atoms with E-state index in [1.54, 1.807) is 0 Å². The number of amides is 1. The smallest absolute Gasteiger partial charge is 0.255 e. The second kappa shape index (κ2) is 6.70. The Morgan fingerprint density at radius 1 is 1.55 bits per heavy atom. The Morgan fingerprint density at radius 3 is 3.05 bits per heavy atom. The van der Waals surface area contributed by atoms with Gasteiger partial charge in [0.05, 0.1) is 12.7 Å². The number of ether oxygens (including phenoxy) is 1. The minimum atomic E-state index is -0.437. The maximum Gasteiger partial charge on any atom is 0.255 e. The molecule has 0 aliphatic carbocycles. The maximum atomic E-state index is 13.2. The lowest BCUT2D eigenvalue weighted by Crippen LogP contribution is -2.39. The van der Waals surface area contributed by atoms with Gasteiger partial charge in [-0.25, -0.2) is 4.39 Å². The molecule has 1 unspecified atom stereocenters. The molecule has 0 spiro atoms. The first-order valence-corrected chi connectivity index (χ1v) is 6.90. The SMILES string of the molecule is COc1ccc(F)cc1C(=O)NCC1CCCN(C)C1. The van der Waals surface area contributed by atoms with Crippen molar-refractivity contribution in [2.24, 2.45) is 5.92 Å². The van der Waals surface area contributed by atoms with Crippen LogP contribution in [0.4, 0.5) is 4.39 Å². The lowest BCUT2D eigenvalue weighted by Gasteiger charge is -2.29. The number of halogens is 1. The summed E-state index contributed by atoms with van der Waals surface area (Å²) in [7, 11) is 3.56. The third-order valence-corrected chi connectivity index (χ3v) is 3.68. The normalized spacial score (nSPS) is 19.6. The van der Waals surface area contributed by atoms with Gasteiger partial charge in [0.2, 0.25) is 0 Å². The number of hydrogen-bond acceptors (Lipinski definition) is 3. The Labute approximate surface area is 118 Å². The summed E-state index contributed by atoms with van der Waals surface area (Å²) in [6.07, 6.45) is 2.27. The predicted molar refractivity (Wildman–Crippen MR) is 75.5 cm³/mol. The van der Waals surface area contributed by atoms with Crippen LogP contribution < -0.4 is 10.1 Å². The van der Waals surface area contributed by atoms with Crippen molar-refractivity contribution in [2.45, 2.75) is 12.8 Å². The van der Waals surface area contributed by atoms with E-state index in [2.05, 4.69) is 17.3 Å². The molecule has 4 nitrogen and oxygen atoms in total. The highest BCUT2D eigenvalue weighted by Crippen LogP contribution is 2.19. The number of piperidine rings is 1. The van der Waals surface area contributed by atoms with Gasteiger partial charge in [-0.3, -0.25) is 4.79 Å². The lowest BCUT2D eigenvalue weighted by atomic mass is 9.98. The summed E-state index contributed by atoms with van der Waals surface area (Å²) in [6.45, 7) is 2.71. The summed E-state index contributed by atoms with van der Waals surface area (Å²) < 4.78 is 18.3. The molecule has 5 heteroatoms. The molecule has 1 N–H and O–H groups in total. The van der Waals surface area contributed by atoms with Crippen LogP contribution in [-0.2, 0) is 0 Å². The first-order valence-electron chi connectivity index (χ1n) is 6.90. The van der Waals surface area contributed by atoms with E-state index in [0.29, 0.717) is 18.2 Å². The van der Waals surface area contributed by atoms with Crippen LogP contribution in [0.15, 0.2) is 18.2 Å². The van der Waals surface area contributed by atoms with E-state index in [1.165, 1.54) is 25.3 Å². The molecule has 1 heterocycles. The van der Waals surface area contributed by atoms with Gasteiger partial charge in [-0.05, 0) is 50.6 Å². The lowest BCUT2D eigenvalue weighted by molar-refractivity contribution is 0.0933. The van der Waals surface area contributed by atoms with Gasteiger partial charge in [0.1, 0.15) is 11.6 Å². The number of benzene rings is 1. The molecule has 1 aromatic rings. The Bertz CT molecular complexity index is 479. The Hall–Kier alpha value is -1.62. The Kier molecular flexibility index (Phi) is 4.95. The van der Waals surface area contributed by atoms with Crippen LogP contribution in [-0.4, -0.2) is 44.6 Å². The van der Waals surface area contributed by atoms with Crippen LogP contribution in [0, 0.1) is 11.7 Å². The Morgan fingerprint density at radius 2 is 2.35 bits per heavy atom. The molecule has 1 fully saturated rings. The number of carbonyl (C=O) groups is 1. The highest BCUT2D eigenvalue weighted by molar-refractivity contribution is 5.96. The number of carbonyl (C=O) groups excluding carboxylic acids is 1. The van der Waals surface area contributed by atoms with Crippen molar-refractivity contribution in [3.8, 4) is 5.75 Å². The molecule has 0 bridgehead atoms. The summed E-state index contributed by atoms with van der Waals surface area (Å²) in [6, 6.07) is 3.96. The van der Waals surface area contributed by atoms with Gasteiger partial charge in [-0.15, -0.1) is 0 Å². The molecule has 1 saturated heterocycles. The molecule has 0 aromatic heterocycles. The number of likely N-dealkylation sites (tertiary alicyclic amines) is 1. The highest BCUT2D eigenvalue weighted by Gasteiger charge is 2.19. The maximum absolute atomic E-state index is 13.2. The molecule has 0 radical (unpaired) electrons. The third kappa shape index (κ3) is 3.70. The fourth-order valence-electron chi connectivity index (χ4n) is 2.63. The number of methoxy groups -OCH3 is 1. The van der Waals surface area contributed by atoms with Crippen molar-refractivity contribution in [3.05, 3.63) is 29.6 Å². The van der Waals surface area contributed by atoms with E-state index in [9.17, 15) is 9.18 Å². The van der Waals surface area contributed by atoms with Crippen LogP contribution in [0.2, 0.25) is 0 Å². The van der Waals surface area contributed by atoms with E-state index in [-0.39, 0.29) is 11.5 Å². The van der Waals surface area contributed by atoms with Crippen LogP contribution in [0.1, 0.15) is 23.2 Å². The average Bonchev–Trinajstić information content (AvgIpc) is 2.45. The fourth-order valence-corrected chi connectivity index (χ4v) is 2.63. The molecule has 1 atom stereocenters. The highest BCUT2D eigenvalue weighted by atomic mass is 19.1. The van der Waals surface area contributed by atoms with Crippen molar-refractivity contribution < 1.29 is 13.9 Å². The number of rotatable bonds is 4. The minimum absolute atomic E-state index is 0.247. The largest absolute Gasteiger partial charge is 0.496 e. The summed E-state index contributed by atoms with van der Waals surface area (Å²) >= 11 is 0. The quantitative estimate of drug-likeness (QED) is 0.916. The van der Waals surface area contributed by atoms with Crippen molar-refractivity contribution in [3.63, 3.8) is 0 Å². The molecule has 2 rings (SSSR count). The first kappa shape index (κ1) is 14.8. The van der Waals surface area contributed by atoms with Gasteiger partial charge >= 0.3 is 0 Å². The third-order valence-electron chi connectivity index (χ3n) is 3.68. The van der Waals surface area contributed by atoms with Crippen molar-refractivity contribution >= 4 is 5.91 Å². The fraction of sp³-hybridized carbons (Fsp3) is 0.533. The zero-order valence-electron chi connectivity index (χ0n) is 12.0. The topological polar surface area (TPSA) is 41.6 Å². The van der Waals surface area contributed by atoms with Gasteiger partial charge in [0.15, 0.2) is 0 Å². The second-order valence-corrected chi connectivity index (χ2v) is 5.33. The zero-order valence-corrected chi connectivity index (χ0v) is 12.0. The monoisotopic (exact) mass is 280 g/mol. The zero-order chi connectivity index (χ0) is 14.5. The standard InChI is InChI=1S/C15H21FN2O2/c1-18-7-3-4-11(10-18)9-17-15(19)13-8-12(16)5-6-14(13)20-2/h5-6,8,11H,3-4,7,9-10H2,1-2H3,(H,17,19). The van der Waals surface area contributed by atoms with Gasteiger partial charge in [0, 0.05) is 13.1 Å². The summed E-state index contributed by atoms with van der Waals surface area (Å²) in [5.41, 5.74) is 0.247. The summed E-state index contributed by atoms with van der Waals surface area (Å²) in [4.78, 5) is 14.4. The van der Waals surface area contributed by atoms with E-state index >= 15 is 0 Å². The van der Waals surface area contributed by atoms with E-state index in [4.69, 9.17) is 4.74 Å². The molecular weight excluding hydrogens is 259 g/mol. The molecule has 0 saturated carbocycles. The minimum Gasteiger partial charge on any atom is -0.496 e. The van der Waals surface area contributed by atoms with Crippen LogP contribution in [0.25, 0.3) is 0 Å². The van der Waals surface area contributed by atoms with Crippen LogP contribution in [0.5, 0.6) is 5.75 Å². The summed E-state index contributed by atoms with van der Waals surface area (Å²) in [5, 5.41) is 2.88. The summed E-state index contributed by atoms with van der Waals surface area (Å²) in [5.74, 6) is 0.129. The van der Waals surface area contributed by atoms with Crippen LogP contribution in [0.3, 0.4) is 0 Å². The second-order valence-electron chi connectivity index (χ2n) is 5.33. The molecule has 1 aromatic carbocycles. The predicted octanol–water partition coefficient (Wildman–Crippen LogP) is 1.91. The van der Waals surface area contributed by atoms with Crippen molar-refractivity contribution in [2.75, 3.05) is 33.8 Å². The molecule has 1 amide bonds. The van der Waals surface area contributed by atoms with E-state index < -0.39 is 5.82 Å². The van der Waals surface area contributed by atoms with E-state index in [1.807, 2.05) is 0 Å².